The second kappa shape index (κ2) is 8.48. The van der Waals surface area contributed by atoms with Gasteiger partial charge in [0.1, 0.15) is 11.4 Å². The maximum Gasteiger partial charge on any atom is 0.307 e. The van der Waals surface area contributed by atoms with Gasteiger partial charge < -0.3 is 14.8 Å². The van der Waals surface area contributed by atoms with E-state index in [1.807, 2.05) is 30.3 Å². The Labute approximate surface area is 182 Å². The highest BCUT2D eigenvalue weighted by atomic mass is 16.6. The quantitative estimate of drug-likeness (QED) is 0.743. The highest BCUT2D eigenvalue weighted by molar-refractivity contribution is 5.88. The van der Waals surface area contributed by atoms with Crippen LogP contribution >= 0.6 is 0 Å². The third-order valence-corrected chi connectivity index (χ3v) is 7.24. The molecule has 1 saturated heterocycles. The lowest BCUT2D eigenvalue weighted by molar-refractivity contribution is -0.153. The second-order valence-electron chi connectivity index (χ2n) is 9.31. The summed E-state index contributed by atoms with van der Waals surface area (Å²) in [5, 5.41) is 4.30. The fourth-order valence-corrected chi connectivity index (χ4v) is 5.57. The lowest BCUT2D eigenvalue weighted by Gasteiger charge is -2.37. The molecule has 2 heterocycles. The van der Waals surface area contributed by atoms with Gasteiger partial charge >= 0.3 is 5.97 Å². The molecular weight excluding hydrogens is 392 g/mol. The van der Waals surface area contributed by atoms with Crippen molar-refractivity contribution in [1.29, 1.82) is 0 Å². The highest BCUT2D eigenvalue weighted by Gasteiger charge is 2.53. The number of rotatable bonds is 4. The van der Waals surface area contributed by atoms with Gasteiger partial charge in [-0.3, -0.25) is 14.6 Å². The Kier molecular flexibility index (Phi) is 5.55. The van der Waals surface area contributed by atoms with Gasteiger partial charge in [-0.2, -0.15) is 0 Å². The third kappa shape index (κ3) is 4.25. The minimum absolute atomic E-state index is 0.000789. The zero-order valence-corrected chi connectivity index (χ0v) is 17.8. The van der Waals surface area contributed by atoms with Crippen LogP contribution in [0.3, 0.4) is 0 Å². The van der Waals surface area contributed by atoms with Crippen LogP contribution in [0.25, 0.3) is 10.9 Å². The summed E-state index contributed by atoms with van der Waals surface area (Å²) < 4.78 is 11.9. The van der Waals surface area contributed by atoms with E-state index in [9.17, 15) is 9.59 Å². The minimum Gasteiger partial charge on any atom is -0.490 e. The molecule has 3 aliphatic rings. The van der Waals surface area contributed by atoms with E-state index in [0.29, 0.717) is 0 Å². The standard InChI is InChI=1S/C25H30N2O4/c28-23-16-21(25(31-23)12-2-1-3-13-25)24(29)27-18-6-8-19(9-7-18)30-20-10-11-22-17(15-20)5-4-14-26-22/h4-5,10-11,14-15,18-19,21H,1-3,6-9,12-13,16H2,(H,27,29). The van der Waals surface area contributed by atoms with E-state index in [1.165, 1.54) is 0 Å². The average Bonchev–Trinajstić information content (AvgIpc) is 3.10. The molecule has 0 radical (unpaired) electrons. The third-order valence-electron chi connectivity index (χ3n) is 7.24. The molecule has 1 aromatic heterocycles. The van der Waals surface area contributed by atoms with Crippen LogP contribution in [0.15, 0.2) is 36.5 Å². The monoisotopic (exact) mass is 422 g/mol. The van der Waals surface area contributed by atoms with Gasteiger partial charge in [-0.05, 0) is 75.6 Å². The first-order valence-corrected chi connectivity index (χ1v) is 11.6. The summed E-state index contributed by atoms with van der Waals surface area (Å²) in [5.74, 6) is 0.318. The van der Waals surface area contributed by atoms with Gasteiger partial charge in [-0.15, -0.1) is 0 Å². The lowest BCUT2D eigenvalue weighted by Crippen LogP contribution is -2.49. The summed E-state index contributed by atoms with van der Waals surface area (Å²) in [4.78, 5) is 29.4. The first-order chi connectivity index (χ1) is 15.1. The molecule has 1 amide bonds. The molecule has 6 heteroatoms. The molecule has 0 bridgehead atoms. The number of amides is 1. The molecule has 31 heavy (non-hydrogen) atoms. The number of carbonyl (C=O) groups is 2. The fourth-order valence-electron chi connectivity index (χ4n) is 5.57. The van der Waals surface area contributed by atoms with E-state index in [0.717, 1.165) is 74.4 Å². The number of benzene rings is 1. The largest absolute Gasteiger partial charge is 0.490 e. The normalized spacial score (nSPS) is 27.7. The number of nitrogens with zero attached hydrogens (tertiary/aromatic N) is 1. The van der Waals surface area contributed by atoms with Crippen molar-refractivity contribution in [2.75, 3.05) is 0 Å². The van der Waals surface area contributed by atoms with Gasteiger partial charge in [-0.1, -0.05) is 12.5 Å². The Hall–Kier alpha value is -2.63. The van der Waals surface area contributed by atoms with E-state index in [-0.39, 0.29) is 36.4 Å². The van der Waals surface area contributed by atoms with Crippen molar-refractivity contribution < 1.29 is 19.1 Å². The van der Waals surface area contributed by atoms with E-state index in [4.69, 9.17) is 9.47 Å². The van der Waals surface area contributed by atoms with Crippen LogP contribution in [0.4, 0.5) is 0 Å². The van der Waals surface area contributed by atoms with Crippen LogP contribution in [0.2, 0.25) is 0 Å². The van der Waals surface area contributed by atoms with E-state index in [1.54, 1.807) is 6.20 Å². The predicted molar refractivity (Wildman–Crippen MR) is 117 cm³/mol. The van der Waals surface area contributed by atoms with Crippen LogP contribution in [-0.2, 0) is 14.3 Å². The maximum absolute atomic E-state index is 13.0. The van der Waals surface area contributed by atoms with E-state index in [2.05, 4.69) is 10.3 Å². The number of fused-ring (bicyclic) bond motifs is 1. The minimum atomic E-state index is -0.551. The van der Waals surface area contributed by atoms with Gasteiger partial charge in [0.05, 0.1) is 24.0 Å². The Morgan fingerprint density at radius 1 is 1.10 bits per heavy atom. The molecule has 1 aliphatic heterocycles. The van der Waals surface area contributed by atoms with Gasteiger partial charge in [0.15, 0.2) is 0 Å². The molecule has 5 rings (SSSR count). The van der Waals surface area contributed by atoms with Gasteiger partial charge in [-0.25, -0.2) is 0 Å². The number of nitrogens with one attached hydrogen (secondary N) is 1. The first kappa shape index (κ1) is 20.3. The number of hydrogen-bond acceptors (Lipinski definition) is 5. The first-order valence-electron chi connectivity index (χ1n) is 11.6. The molecule has 1 unspecified atom stereocenters. The smallest absolute Gasteiger partial charge is 0.307 e. The topological polar surface area (TPSA) is 77.5 Å². The van der Waals surface area contributed by atoms with E-state index < -0.39 is 5.60 Å². The van der Waals surface area contributed by atoms with Crippen molar-refractivity contribution in [2.45, 2.75) is 82.0 Å². The Morgan fingerprint density at radius 3 is 2.71 bits per heavy atom. The Morgan fingerprint density at radius 2 is 1.90 bits per heavy atom. The molecule has 2 aromatic rings. The van der Waals surface area contributed by atoms with Crippen molar-refractivity contribution in [2.24, 2.45) is 5.92 Å². The van der Waals surface area contributed by atoms with Crippen molar-refractivity contribution in [3.05, 3.63) is 36.5 Å². The molecule has 1 atom stereocenters. The molecule has 164 valence electrons. The lowest BCUT2D eigenvalue weighted by atomic mass is 9.75. The van der Waals surface area contributed by atoms with Crippen molar-refractivity contribution in [3.63, 3.8) is 0 Å². The SMILES string of the molecule is O=C1CC(C(=O)NC2CCC(Oc3ccc4ncccc4c3)CC2)C2(CCCCC2)O1. The fraction of sp³-hybridized carbons (Fsp3) is 0.560. The number of hydrogen-bond donors (Lipinski definition) is 1. The molecule has 2 aliphatic carbocycles. The second-order valence-corrected chi connectivity index (χ2v) is 9.31. The van der Waals surface area contributed by atoms with Crippen molar-refractivity contribution in [1.82, 2.24) is 10.3 Å². The maximum atomic E-state index is 13.0. The Balaban J connectivity index is 1.15. The Bertz CT molecular complexity index is 961. The summed E-state index contributed by atoms with van der Waals surface area (Å²) in [5.41, 5.74) is 0.413. The highest BCUT2D eigenvalue weighted by Crippen LogP contribution is 2.44. The molecule has 1 aromatic carbocycles. The summed E-state index contributed by atoms with van der Waals surface area (Å²) >= 11 is 0. The molecule has 3 fully saturated rings. The number of aromatic nitrogens is 1. The van der Waals surface area contributed by atoms with Crippen molar-refractivity contribution >= 4 is 22.8 Å². The summed E-state index contributed by atoms with van der Waals surface area (Å²) in [6, 6.07) is 10.1. The zero-order chi connectivity index (χ0) is 21.3. The molecule has 6 nitrogen and oxygen atoms in total. The summed E-state index contributed by atoms with van der Waals surface area (Å²) in [6.45, 7) is 0. The average molecular weight is 423 g/mol. The van der Waals surface area contributed by atoms with Crippen LogP contribution in [0.1, 0.15) is 64.2 Å². The van der Waals surface area contributed by atoms with Crippen LogP contribution in [0.5, 0.6) is 5.75 Å². The van der Waals surface area contributed by atoms with Gasteiger partial charge in [0.2, 0.25) is 5.91 Å². The number of carbonyl (C=O) groups excluding carboxylic acids is 2. The molecule has 2 saturated carbocycles. The zero-order valence-electron chi connectivity index (χ0n) is 17.8. The van der Waals surface area contributed by atoms with Crippen LogP contribution in [-0.4, -0.2) is 34.6 Å². The molecular formula is C25H30N2O4. The number of esters is 1. The molecule has 1 spiro atoms. The number of pyridine rings is 1. The number of ether oxygens (including phenoxy) is 2. The van der Waals surface area contributed by atoms with Crippen LogP contribution < -0.4 is 10.1 Å². The van der Waals surface area contributed by atoms with Gasteiger partial charge in [0, 0.05) is 17.6 Å². The summed E-state index contributed by atoms with van der Waals surface area (Å²) in [6.07, 6.45) is 10.6. The summed E-state index contributed by atoms with van der Waals surface area (Å²) in [7, 11) is 0. The van der Waals surface area contributed by atoms with E-state index >= 15 is 0 Å². The predicted octanol–water partition coefficient (Wildman–Crippen LogP) is 4.31. The van der Waals surface area contributed by atoms with Crippen molar-refractivity contribution in [3.8, 4) is 5.75 Å². The molecule has 1 N–H and O–H groups in total. The van der Waals surface area contributed by atoms with Crippen LogP contribution in [0, 0.1) is 5.92 Å². The van der Waals surface area contributed by atoms with Gasteiger partial charge in [0.25, 0.3) is 0 Å².